The number of rotatable bonds is 4. The van der Waals surface area contributed by atoms with Crippen molar-refractivity contribution in [2.45, 2.75) is 44.9 Å². The smallest absolute Gasteiger partial charge is 0.216 e. The molecular weight excluding hydrogens is 272 g/mol. The van der Waals surface area contributed by atoms with Crippen LogP contribution in [0.15, 0.2) is 24.3 Å². The molecule has 0 heterocycles. The van der Waals surface area contributed by atoms with Crippen LogP contribution in [0.3, 0.4) is 0 Å². The minimum Gasteiger partial charge on any atom is -0.399 e. The summed E-state index contributed by atoms with van der Waals surface area (Å²) in [5.41, 5.74) is 7.02. The van der Waals surface area contributed by atoms with E-state index in [1.165, 1.54) is 0 Å². The number of hydrogen-bond donors (Lipinski definition) is 2. The minimum absolute atomic E-state index is 0.0215. The van der Waals surface area contributed by atoms with Crippen molar-refractivity contribution in [1.29, 1.82) is 0 Å². The fraction of sp³-hybridized carbons (Fsp3) is 0.600. The molecule has 0 radical (unpaired) electrons. The zero-order chi connectivity index (χ0) is 14.8. The maximum atomic E-state index is 12.2. The molecule has 3 atom stereocenters. The number of nitrogen functional groups attached to an aromatic ring is 1. The first-order valence-corrected chi connectivity index (χ1v) is 8.85. The average Bonchev–Trinajstić information content (AvgIpc) is 2.36. The molecule has 1 aliphatic carbocycles. The molecule has 5 heteroatoms. The normalized spacial score (nSPS) is 27.4. The lowest BCUT2D eigenvalue weighted by molar-refractivity contribution is 0.242. The summed E-state index contributed by atoms with van der Waals surface area (Å²) in [6.07, 6.45) is 2.96. The van der Waals surface area contributed by atoms with Gasteiger partial charge in [0.2, 0.25) is 10.0 Å². The van der Waals surface area contributed by atoms with E-state index in [0.29, 0.717) is 17.5 Å². The molecule has 0 aliphatic heterocycles. The summed E-state index contributed by atoms with van der Waals surface area (Å²) < 4.78 is 27.2. The molecule has 1 aliphatic rings. The van der Waals surface area contributed by atoms with E-state index < -0.39 is 10.0 Å². The van der Waals surface area contributed by atoms with Crippen molar-refractivity contribution in [2.75, 3.05) is 5.73 Å². The highest BCUT2D eigenvalue weighted by atomic mass is 32.2. The molecular formula is C15H24N2O2S. The van der Waals surface area contributed by atoms with Crippen LogP contribution < -0.4 is 10.5 Å². The molecule has 112 valence electrons. The van der Waals surface area contributed by atoms with Crippen LogP contribution in [0, 0.1) is 11.8 Å². The molecule has 1 fully saturated rings. The third-order valence-electron chi connectivity index (χ3n) is 4.28. The van der Waals surface area contributed by atoms with E-state index >= 15 is 0 Å². The Balaban J connectivity index is 1.95. The molecule has 3 N–H and O–H groups in total. The molecule has 4 nitrogen and oxygen atoms in total. The monoisotopic (exact) mass is 296 g/mol. The Hall–Kier alpha value is -1.07. The minimum atomic E-state index is -3.28. The number of anilines is 1. The van der Waals surface area contributed by atoms with Crippen molar-refractivity contribution in [1.82, 2.24) is 4.72 Å². The number of nitrogens with one attached hydrogen (secondary N) is 1. The van der Waals surface area contributed by atoms with Gasteiger partial charge in [-0.05, 0) is 48.8 Å². The highest BCUT2D eigenvalue weighted by Gasteiger charge is 2.27. The largest absolute Gasteiger partial charge is 0.399 e. The second-order valence-electron chi connectivity index (χ2n) is 6.08. The first-order chi connectivity index (χ1) is 9.35. The SMILES string of the molecule is CC1CCC(NS(=O)(=O)Cc2ccc(N)cc2)CC1C. The van der Waals surface area contributed by atoms with Crippen molar-refractivity contribution < 1.29 is 8.42 Å². The maximum Gasteiger partial charge on any atom is 0.216 e. The predicted molar refractivity (Wildman–Crippen MR) is 82.6 cm³/mol. The van der Waals surface area contributed by atoms with Crippen LogP contribution >= 0.6 is 0 Å². The van der Waals surface area contributed by atoms with Crippen LogP contribution in [0.1, 0.15) is 38.7 Å². The van der Waals surface area contributed by atoms with Gasteiger partial charge in [0.05, 0.1) is 5.75 Å². The summed E-state index contributed by atoms with van der Waals surface area (Å²) in [7, 11) is -3.28. The lowest BCUT2D eigenvalue weighted by atomic mass is 9.79. The summed E-state index contributed by atoms with van der Waals surface area (Å²) >= 11 is 0. The van der Waals surface area contributed by atoms with Gasteiger partial charge in [-0.15, -0.1) is 0 Å². The maximum absolute atomic E-state index is 12.2. The molecule has 0 amide bonds. The quantitative estimate of drug-likeness (QED) is 0.839. The summed E-state index contributed by atoms with van der Waals surface area (Å²) in [4.78, 5) is 0. The van der Waals surface area contributed by atoms with Gasteiger partial charge in [0.15, 0.2) is 0 Å². The van der Waals surface area contributed by atoms with Gasteiger partial charge < -0.3 is 5.73 Å². The number of nitrogens with two attached hydrogens (primary N) is 1. The zero-order valence-electron chi connectivity index (χ0n) is 12.2. The van der Waals surface area contributed by atoms with E-state index in [2.05, 4.69) is 18.6 Å². The first-order valence-electron chi connectivity index (χ1n) is 7.20. The van der Waals surface area contributed by atoms with E-state index in [0.717, 1.165) is 24.8 Å². The zero-order valence-corrected chi connectivity index (χ0v) is 13.0. The lowest BCUT2D eigenvalue weighted by Gasteiger charge is -2.32. The fourth-order valence-electron chi connectivity index (χ4n) is 2.78. The van der Waals surface area contributed by atoms with Gasteiger partial charge in [0.1, 0.15) is 0 Å². The molecule has 1 saturated carbocycles. The van der Waals surface area contributed by atoms with Crippen LogP contribution in [0.4, 0.5) is 5.69 Å². The summed E-state index contributed by atoms with van der Waals surface area (Å²) in [5.74, 6) is 1.29. The van der Waals surface area contributed by atoms with Gasteiger partial charge in [0.25, 0.3) is 0 Å². The third kappa shape index (κ3) is 4.21. The van der Waals surface area contributed by atoms with Crippen LogP contribution in [0.5, 0.6) is 0 Å². The van der Waals surface area contributed by atoms with Gasteiger partial charge in [-0.2, -0.15) is 0 Å². The number of hydrogen-bond acceptors (Lipinski definition) is 3. The van der Waals surface area contributed by atoms with E-state index in [-0.39, 0.29) is 11.8 Å². The highest BCUT2D eigenvalue weighted by Crippen LogP contribution is 2.29. The second-order valence-corrected chi connectivity index (χ2v) is 7.84. The highest BCUT2D eigenvalue weighted by molar-refractivity contribution is 7.88. The van der Waals surface area contributed by atoms with Crippen molar-refractivity contribution in [3.63, 3.8) is 0 Å². The van der Waals surface area contributed by atoms with Gasteiger partial charge in [-0.3, -0.25) is 0 Å². The molecule has 0 aromatic heterocycles. The standard InChI is InChI=1S/C15H24N2O2S/c1-11-3-8-15(9-12(11)2)17-20(18,19)10-13-4-6-14(16)7-5-13/h4-7,11-12,15,17H,3,8-10,16H2,1-2H3. The molecule has 0 spiro atoms. The van der Waals surface area contributed by atoms with Crippen LogP contribution in [-0.4, -0.2) is 14.5 Å². The Morgan fingerprint density at radius 1 is 1.15 bits per heavy atom. The molecule has 1 aromatic carbocycles. The number of benzene rings is 1. The van der Waals surface area contributed by atoms with Crippen molar-refractivity contribution in [3.05, 3.63) is 29.8 Å². The Bertz CT molecular complexity index is 539. The summed E-state index contributed by atoms with van der Waals surface area (Å²) in [5, 5.41) is 0. The molecule has 20 heavy (non-hydrogen) atoms. The van der Waals surface area contributed by atoms with Gasteiger partial charge in [-0.25, -0.2) is 13.1 Å². The summed E-state index contributed by atoms with van der Waals surface area (Å²) in [6.45, 7) is 4.44. The summed E-state index contributed by atoms with van der Waals surface area (Å²) in [6, 6.07) is 7.07. The molecule has 2 rings (SSSR count). The van der Waals surface area contributed by atoms with E-state index in [1.807, 2.05) is 0 Å². The van der Waals surface area contributed by atoms with Gasteiger partial charge in [-0.1, -0.05) is 26.0 Å². The van der Waals surface area contributed by atoms with Gasteiger partial charge >= 0.3 is 0 Å². The van der Waals surface area contributed by atoms with E-state index in [4.69, 9.17) is 5.73 Å². The number of sulfonamides is 1. The first kappa shape index (κ1) is 15.3. The topological polar surface area (TPSA) is 72.2 Å². The predicted octanol–water partition coefficient (Wildman–Crippen LogP) is 2.51. The third-order valence-corrected chi connectivity index (χ3v) is 5.69. The van der Waals surface area contributed by atoms with Crippen molar-refractivity contribution in [3.8, 4) is 0 Å². The van der Waals surface area contributed by atoms with Gasteiger partial charge in [0, 0.05) is 11.7 Å². The molecule has 0 bridgehead atoms. The molecule has 0 saturated heterocycles. The lowest BCUT2D eigenvalue weighted by Crippen LogP contribution is -2.40. The van der Waals surface area contributed by atoms with Crippen LogP contribution in [0.25, 0.3) is 0 Å². The fourth-order valence-corrected chi connectivity index (χ4v) is 4.22. The molecule has 3 unspecified atom stereocenters. The van der Waals surface area contributed by atoms with E-state index in [1.54, 1.807) is 24.3 Å². The second kappa shape index (κ2) is 6.14. The Labute approximate surface area is 121 Å². The van der Waals surface area contributed by atoms with E-state index in [9.17, 15) is 8.42 Å². The average molecular weight is 296 g/mol. The van der Waals surface area contributed by atoms with Crippen molar-refractivity contribution >= 4 is 15.7 Å². The molecule has 1 aromatic rings. The van der Waals surface area contributed by atoms with Crippen molar-refractivity contribution in [2.24, 2.45) is 11.8 Å². The van der Waals surface area contributed by atoms with Crippen LogP contribution in [0.2, 0.25) is 0 Å². The Kier molecular flexibility index (Phi) is 4.70. The van der Waals surface area contributed by atoms with Crippen LogP contribution in [-0.2, 0) is 15.8 Å². The Morgan fingerprint density at radius 3 is 2.40 bits per heavy atom. The Morgan fingerprint density at radius 2 is 1.80 bits per heavy atom.